The van der Waals surface area contributed by atoms with Crippen molar-refractivity contribution >= 4 is 39.8 Å². The van der Waals surface area contributed by atoms with Crippen LogP contribution in [0.4, 0.5) is 10.5 Å². The van der Waals surface area contributed by atoms with Crippen molar-refractivity contribution in [2.75, 3.05) is 24.2 Å². The van der Waals surface area contributed by atoms with Crippen LogP contribution in [-0.2, 0) is 11.8 Å². The van der Waals surface area contributed by atoms with Gasteiger partial charge in [0.15, 0.2) is 0 Å². The number of amides is 1. The summed E-state index contributed by atoms with van der Waals surface area (Å²) in [5, 5.41) is 2.67. The Kier molecular flexibility index (Phi) is 6.46. The first-order valence-corrected chi connectivity index (χ1v) is 10.5. The fourth-order valence-electron chi connectivity index (χ4n) is 2.92. The number of nitrogens with one attached hydrogen (secondary N) is 1. The molecule has 1 aliphatic heterocycles. The van der Waals surface area contributed by atoms with Crippen molar-refractivity contribution < 1.29 is 9.59 Å². The molecule has 1 N–H and O–H groups in total. The number of para-hydroxylation sites is 1. The van der Waals surface area contributed by atoms with E-state index in [2.05, 4.69) is 5.32 Å². The average Bonchev–Trinajstić information content (AvgIpc) is 3.24. The molecule has 1 aliphatic rings. The molecule has 1 aromatic carbocycles. The minimum Gasteiger partial charge on any atom is -0.319 e. The molecular weight excluding hydrogens is 384 g/mol. The van der Waals surface area contributed by atoms with Crippen LogP contribution in [-0.4, -0.2) is 42.9 Å². The molecular formula is C18H22N4O3S2. The Morgan fingerprint density at radius 3 is 2.48 bits per heavy atom. The number of carbonyl (C=O) groups excluding carboxylic acids is 2. The van der Waals surface area contributed by atoms with E-state index in [4.69, 9.17) is 0 Å². The molecule has 2 heterocycles. The molecule has 0 aliphatic carbocycles. The third-order valence-electron chi connectivity index (χ3n) is 4.41. The summed E-state index contributed by atoms with van der Waals surface area (Å²) < 4.78 is 5.13. The topological polar surface area (TPSA) is 76.3 Å². The van der Waals surface area contributed by atoms with Gasteiger partial charge < -0.3 is 5.32 Å². The number of hydrogen-bond donors (Lipinski definition) is 1. The van der Waals surface area contributed by atoms with Gasteiger partial charge in [0.25, 0.3) is 10.0 Å². The van der Waals surface area contributed by atoms with E-state index >= 15 is 0 Å². The van der Waals surface area contributed by atoms with Gasteiger partial charge in [-0.25, -0.2) is 8.99 Å². The van der Waals surface area contributed by atoms with Crippen LogP contribution in [0, 0.1) is 6.92 Å². The lowest BCUT2D eigenvalue weighted by Crippen LogP contribution is -2.23. The number of benzene rings is 1. The largest absolute Gasteiger partial charge is 0.319 e. The summed E-state index contributed by atoms with van der Waals surface area (Å²) in [6.45, 7) is 3.59. The van der Waals surface area contributed by atoms with Gasteiger partial charge in [-0.05, 0) is 31.9 Å². The molecule has 0 spiro atoms. The van der Waals surface area contributed by atoms with Gasteiger partial charge in [-0.3, -0.25) is 19.1 Å². The molecule has 0 atom stereocenters. The van der Waals surface area contributed by atoms with Crippen LogP contribution in [0.2, 0.25) is 0 Å². The number of anilines is 1. The van der Waals surface area contributed by atoms with Crippen LogP contribution < -0.4 is 10.9 Å². The maximum atomic E-state index is 12.8. The highest BCUT2D eigenvalue weighted by atomic mass is 32.2. The summed E-state index contributed by atoms with van der Waals surface area (Å²) in [7, 11) is 1.77. The number of nitrogens with zero attached hydrogens (tertiary/aromatic N) is 3. The first-order valence-electron chi connectivity index (χ1n) is 8.71. The summed E-state index contributed by atoms with van der Waals surface area (Å²) in [5.74, 6) is -0.375. The Labute approximate surface area is 166 Å². The van der Waals surface area contributed by atoms with Crippen molar-refractivity contribution in [1.29, 1.82) is 0 Å². The Bertz CT molecular complexity index is 886. The Morgan fingerprint density at radius 1 is 1.15 bits per heavy atom. The van der Waals surface area contributed by atoms with Gasteiger partial charge in [-0.15, -0.1) is 0 Å². The van der Waals surface area contributed by atoms with Gasteiger partial charge in [0.1, 0.15) is 5.69 Å². The molecule has 1 saturated heterocycles. The van der Waals surface area contributed by atoms with E-state index in [-0.39, 0.29) is 27.4 Å². The predicted octanol–water partition coefficient (Wildman–Crippen LogP) is 3.02. The zero-order chi connectivity index (χ0) is 19.4. The Hall–Kier alpha value is -1.97. The van der Waals surface area contributed by atoms with Crippen molar-refractivity contribution in [3.8, 4) is 5.69 Å². The minimum absolute atomic E-state index is 0.0151. The molecule has 2 aromatic rings. The molecule has 0 bridgehead atoms. The number of aromatic nitrogens is 2. The molecule has 0 unspecified atom stereocenters. The zero-order valence-electron chi connectivity index (χ0n) is 15.3. The summed E-state index contributed by atoms with van der Waals surface area (Å²) in [4.78, 5) is 37.0. The molecule has 0 radical (unpaired) electrons. The SMILES string of the molecule is Cc1c(NC(=O)CSC(=O)SN2CCCC2)c(=O)n(-c2ccccc2)n1C. The number of rotatable bonds is 5. The first-order chi connectivity index (χ1) is 13.0. The second kappa shape index (κ2) is 8.81. The van der Waals surface area contributed by atoms with Gasteiger partial charge in [-0.1, -0.05) is 30.0 Å². The third kappa shape index (κ3) is 4.66. The van der Waals surface area contributed by atoms with Gasteiger partial charge in [-0.2, -0.15) is 0 Å². The van der Waals surface area contributed by atoms with E-state index in [9.17, 15) is 14.4 Å². The van der Waals surface area contributed by atoms with Crippen molar-refractivity contribution in [3.63, 3.8) is 0 Å². The maximum Gasteiger partial charge on any atom is 0.295 e. The summed E-state index contributed by atoms with van der Waals surface area (Å²) in [5.41, 5.74) is 1.32. The van der Waals surface area contributed by atoms with Gasteiger partial charge in [0, 0.05) is 32.1 Å². The highest BCUT2D eigenvalue weighted by molar-refractivity contribution is 8.37. The highest BCUT2D eigenvalue weighted by Crippen LogP contribution is 2.25. The van der Waals surface area contributed by atoms with E-state index < -0.39 is 0 Å². The van der Waals surface area contributed by atoms with Crippen LogP contribution in [0.5, 0.6) is 0 Å². The molecule has 3 rings (SSSR count). The van der Waals surface area contributed by atoms with E-state index in [1.165, 1.54) is 16.6 Å². The molecule has 7 nitrogen and oxygen atoms in total. The monoisotopic (exact) mass is 406 g/mol. The lowest BCUT2D eigenvalue weighted by Gasteiger charge is -2.10. The van der Waals surface area contributed by atoms with Crippen LogP contribution in [0.3, 0.4) is 0 Å². The molecule has 9 heteroatoms. The molecule has 1 aromatic heterocycles. The lowest BCUT2D eigenvalue weighted by atomic mass is 10.3. The summed E-state index contributed by atoms with van der Waals surface area (Å²) in [6, 6.07) is 9.24. The van der Waals surface area contributed by atoms with Crippen molar-refractivity contribution in [1.82, 2.24) is 13.7 Å². The molecule has 0 saturated carbocycles. The van der Waals surface area contributed by atoms with Crippen molar-refractivity contribution in [3.05, 3.63) is 46.4 Å². The van der Waals surface area contributed by atoms with E-state index in [0.717, 1.165) is 43.4 Å². The summed E-state index contributed by atoms with van der Waals surface area (Å²) >= 11 is 2.14. The zero-order valence-corrected chi connectivity index (χ0v) is 16.9. The molecule has 1 amide bonds. The lowest BCUT2D eigenvalue weighted by molar-refractivity contribution is -0.113. The maximum absolute atomic E-state index is 12.8. The van der Waals surface area contributed by atoms with Gasteiger partial charge in [0.2, 0.25) is 5.91 Å². The van der Waals surface area contributed by atoms with Crippen LogP contribution >= 0.6 is 23.7 Å². The smallest absolute Gasteiger partial charge is 0.295 e. The second-order valence-corrected chi connectivity index (χ2v) is 8.53. The van der Waals surface area contributed by atoms with E-state index in [1.807, 2.05) is 34.6 Å². The van der Waals surface area contributed by atoms with Crippen LogP contribution in [0.1, 0.15) is 18.5 Å². The number of hydrogen-bond acceptors (Lipinski definition) is 6. The molecule has 144 valence electrons. The van der Waals surface area contributed by atoms with E-state index in [1.54, 1.807) is 18.7 Å². The minimum atomic E-state index is -0.360. The van der Waals surface area contributed by atoms with Gasteiger partial charge in [0.05, 0.1) is 17.1 Å². The summed E-state index contributed by atoms with van der Waals surface area (Å²) in [6.07, 6.45) is 2.21. The molecule has 1 fully saturated rings. The van der Waals surface area contributed by atoms with Crippen molar-refractivity contribution in [2.24, 2.45) is 7.05 Å². The predicted molar refractivity (Wildman–Crippen MR) is 111 cm³/mol. The fraction of sp³-hybridized carbons (Fsp3) is 0.389. The van der Waals surface area contributed by atoms with Crippen LogP contribution in [0.25, 0.3) is 5.69 Å². The Morgan fingerprint density at radius 2 is 1.81 bits per heavy atom. The highest BCUT2D eigenvalue weighted by Gasteiger charge is 2.20. The third-order valence-corrected chi connectivity index (χ3v) is 6.40. The van der Waals surface area contributed by atoms with Crippen molar-refractivity contribution in [2.45, 2.75) is 19.8 Å². The quantitative estimate of drug-likeness (QED) is 0.770. The number of thioether (sulfide) groups is 1. The second-order valence-electron chi connectivity index (χ2n) is 6.25. The molecule has 27 heavy (non-hydrogen) atoms. The fourth-order valence-corrected chi connectivity index (χ4v) is 4.60. The normalized spacial score (nSPS) is 14.4. The number of carbonyl (C=O) groups is 2. The standard InChI is InChI=1S/C18H22N4O3S2/c1-13-16(17(24)22(20(13)2)14-8-4-3-5-9-14)19-15(23)12-26-18(25)27-21-10-6-7-11-21/h3-5,8-9H,6-7,10-12H2,1-2H3,(H,19,23). The van der Waals surface area contributed by atoms with Crippen LogP contribution in [0.15, 0.2) is 35.1 Å². The van der Waals surface area contributed by atoms with Gasteiger partial charge >= 0.3 is 0 Å². The van der Waals surface area contributed by atoms with E-state index in [0.29, 0.717) is 5.69 Å². The Balaban J connectivity index is 1.64. The average molecular weight is 407 g/mol. The first kappa shape index (κ1) is 19.8.